The number of hydrogen-bond donors (Lipinski definition) is 1. The minimum atomic E-state index is 0. The Kier molecular flexibility index (Phi) is 5.56. The average Bonchev–Trinajstić information content (AvgIpc) is 2.82. The summed E-state index contributed by atoms with van der Waals surface area (Å²) >= 11 is 0. The molecule has 0 bridgehead atoms. The van der Waals surface area contributed by atoms with Gasteiger partial charge in [-0.3, -0.25) is 4.79 Å². The SMILES string of the molecule is CN(C(=O)C1CCCCC1)[C@@H]1CCNC1.Cl. The second kappa shape index (κ2) is 6.45. The summed E-state index contributed by atoms with van der Waals surface area (Å²) in [4.78, 5) is 14.2. The molecule has 0 aromatic rings. The molecule has 3 nitrogen and oxygen atoms in total. The average molecular weight is 247 g/mol. The molecular weight excluding hydrogens is 224 g/mol. The van der Waals surface area contributed by atoms with Crippen molar-refractivity contribution in [2.24, 2.45) is 5.92 Å². The van der Waals surface area contributed by atoms with E-state index in [4.69, 9.17) is 0 Å². The van der Waals surface area contributed by atoms with E-state index in [1.165, 1.54) is 19.3 Å². The first kappa shape index (κ1) is 13.8. The molecule has 0 aromatic carbocycles. The fourth-order valence-corrected chi connectivity index (χ4v) is 2.79. The van der Waals surface area contributed by atoms with Crippen molar-refractivity contribution in [2.75, 3.05) is 20.1 Å². The lowest BCUT2D eigenvalue weighted by Gasteiger charge is -2.30. The van der Waals surface area contributed by atoms with E-state index in [9.17, 15) is 4.79 Å². The summed E-state index contributed by atoms with van der Waals surface area (Å²) in [5.41, 5.74) is 0. The van der Waals surface area contributed by atoms with Gasteiger partial charge in [-0.1, -0.05) is 19.3 Å². The zero-order valence-electron chi connectivity index (χ0n) is 10.1. The topological polar surface area (TPSA) is 32.3 Å². The van der Waals surface area contributed by atoms with Crippen LogP contribution in [0.4, 0.5) is 0 Å². The smallest absolute Gasteiger partial charge is 0.225 e. The van der Waals surface area contributed by atoms with Gasteiger partial charge in [0.15, 0.2) is 0 Å². The Morgan fingerprint density at radius 2 is 1.88 bits per heavy atom. The van der Waals surface area contributed by atoms with Gasteiger partial charge in [0, 0.05) is 25.6 Å². The van der Waals surface area contributed by atoms with Gasteiger partial charge in [-0.05, 0) is 25.8 Å². The van der Waals surface area contributed by atoms with Crippen LogP contribution in [-0.4, -0.2) is 37.0 Å². The number of nitrogens with one attached hydrogen (secondary N) is 1. The van der Waals surface area contributed by atoms with Crippen molar-refractivity contribution < 1.29 is 4.79 Å². The Balaban J connectivity index is 0.00000128. The zero-order chi connectivity index (χ0) is 10.7. The number of halogens is 1. The van der Waals surface area contributed by atoms with Crippen molar-refractivity contribution in [3.05, 3.63) is 0 Å². The van der Waals surface area contributed by atoms with Gasteiger partial charge < -0.3 is 10.2 Å². The van der Waals surface area contributed by atoms with Crippen LogP contribution in [0.2, 0.25) is 0 Å². The van der Waals surface area contributed by atoms with E-state index >= 15 is 0 Å². The largest absolute Gasteiger partial charge is 0.341 e. The van der Waals surface area contributed by atoms with Crippen LogP contribution < -0.4 is 5.32 Å². The van der Waals surface area contributed by atoms with Gasteiger partial charge in [0.2, 0.25) is 5.91 Å². The number of likely N-dealkylation sites (N-methyl/N-ethyl adjacent to an activating group) is 1. The van der Waals surface area contributed by atoms with Crippen molar-refractivity contribution in [3.63, 3.8) is 0 Å². The first-order valence-electron chi connectivity index (χ1n) is 6.26. The number of carbonyl (C=O) groups excluding carboxylic acids is 1. The molecule has 0 spiro atoms. The summed E-state index contributed by atoms with van der Waals surface area (Å²) in [6, 6.07) is 0.444. The Bertz CT molecular complexity index is 223. The first-order chi connectivity index (χ1) is 7.29. The molecule has 1 aliphatic heterocycles. The summed E-state index contributed by atoms with van der Waals surface area (Å²) in [5, 5.41) is 3.32. The maximum Gasteiger partial charge on any atom is 0.225 e. The van der Waals surface area contributed by atoms with Crippen LogP contribution in [-0.2, 0) is 4.79 Å². The van der Waals surface area contributed by atoms with E-state index in [0.717, 1.165) is 32.4 Å². The van der Waals surface area contributed by atoms with Gasteiger partial charge >= 0.3 is 0 Å². The predicted molar refractivity (Wildman–Crippen MR) is 67.9 cm³/mol. The van der Waals surface area contributed by atoms with E-state index in [0.29, 0.717) is 17.9 Å². The van der Waals surface area contributed by atoms with Gasteiger partial charge in [-0.25, -0.2) is 0 Å². The highest BCUT2D eigenvalue weighted by molar-refractivity contribution is 5.85. The lowest BCUT2D eigenvalue weighted by molar-refractivity contribution is -0.137. The minimum Gasteiger partial charge on any atom is -0.341 e. The number of carbonyl (C=O) groups is 1. The first-order valence-corrected chi connectivity index (χ1v) is 6.26. The third-order valence-electron chi connectivity index (χ3n) is 3.88. The molecule has 4 heteroatoms. The Morgan fingerprint density at radius 3 is 2.44 bits per heavy atom. The zero-order valence-corrected chi connectivity index (χ0v) is 10.9. The summed E-state index contributed by atoms with van der Waals surface area (Å²) in [7, 11) is 1.98. The number of rotatable bonds is 2. The van der Waals surface area contributed by atoms with Crippen molar-refractivity contribution in [2.45, 2.75) is 44.6 Å². The van der Waals surface area contributed by atoms with Crippen LogP contribution in [0.25, 0.3) is 0 Å². The number of amides is 1. The van der Waals surface area contributed by atoms with E-state index in [-0.39, 0.29) is 12.4 Å². The van der Waals surface area contributed by atoms with Gasteiger partial charge in [-0.2, -0.15) is 0 Å². The highest BCUT2D eigenvalue weighted by Crippen LogP contribution is 2.26. The third kappa shape index (κ3) is 3.11. The quantitative estimate of drug-likeness (QED) is 0.806. The van der Waals surface area contributed by atoms with Gasteiger partial charge in [0.1, 0.15) is 0 Å². The van der Waals surface area contributed by atoms with Crippen molar-refractivity contribution in [1.82, 2.24) is 10.2 Å². The van der Waals surface area contributed by atoms with Crippen LogP contribution in [0.15, 0.2) is 0 Å². The van der Waals surface area contributed by atoms with Crippen molar-refractivity contribution >= 4 is 18.3 Å². The normalized spacial score (nSPS) is 26.2. The van der Waals surface area contributed by atoms with Crippen LogP contribution in [0.3, 0.4) is 0 Å². The van der Waals surface area contributed by atoms with Crippen LogP contribution in [0.1, 0.15) is 38.5 Å². The minimum absolute atomic E-state index is 0. The summed E-state index contributed by atoms with van der Waals surface area (Å²) < 4.78 is 0. The molecule has 0 aromatic heterocycles. The monoisotopic (exact) mass is 246 g/mol. The summed E-state index contributed by atoms with van der Waals surface area (Å²) in [6.45, 7) is 2.04. The molecule has 1 aliphatic carbocycles. The molecule has 0 radical (unpaired) electrons. The standard InChI is InChI=1S/C12H22N2O.ClH/c1-14(11-7-8-13-9-11)12(15)10-5-3-2-4-6-10;/h10-11,13H,2-9H2,1H3;1H/t11-;/m1./s1. The second-order valence-corrected chi connectivity index (χ2v) is 4.93. The molecule has 2 fully saturated rings. The lowest BCUT2D eigenvalue weighted by Crippen LogP contribution is -2.42. The van der Waals surface area contributed by atoms with Gasteiger partial charge in [0.05, 0.1) is 0 Å². The molecule has 0 unspecified atom stereocenters. The van der Waals surface area contributed by atoms with E-state index in [2.05, 4.69) is 5.32 Å². The lowest BCUT2D eigenvalue weighted by atomic mass is 9.88. The highest BCUT2D eigenvalue weighted by Gasteiger charge is 2.29. The molecular formula is C12H23ClN2O. The Hall–Kier alpha value is -0.280. The Labute approximate surface area is 104 Å². The van der Waals surface area contributed by atoms with E-state index < -0.39 is 0 Å². The summed E-state index contributed by atoms with van der Waals surface area (Å²) in [5.74, 6) is 0.716. The third-order valence-corrected chi connectivity index (χ3v) is 3.88. The van der Waals surface area contributed by atoms with Crippen LogP contribution in [0.5, 0.6) is 0 Å². The van der Waals surface area contributed by atoms with Crippen molar-refractivity contribution in [1.29, 1.82) is 0 Å². The number of hydrogen-bond acceptors (Lipinski definition) is 2. The maximum absolute atomic E-state index is 12.2. The molecule has 1 amide bonds. The second-order valence-electron chi connectivity index (χ2n) is 4.93. The van der Waals surface area contributed by atoms with Crippen LogP contribution >= 0.6 is 12.4 Å². The molecule has 1 saturated heterocycles. The fourth-order valence-electron chi connectivity index (χ4n) is 2.79. The molecule has 94 valence electrons. The fraction of sp³-hybridized carbons (Fsp3) is 0.917. The van der Waals surface area contributed by atoms with E-state index in [1.807, 2.05) is 11.9 Å². The van der Waals surface area contributed by atoms with E-state index in [1.54, 1.807) is 0 Å². The Morgan fingerprint density at radius 1 is 1.19 bits per heavy atom. The molecule has 2 rings (SSSR count). The maximum atomic E-state index is 12.2. The predicted octanol–water partition coefficient (Wildman–Crippen LogP) is 1.81. The molecule has 1 saturated carbocycles. The molecule has 1 heterocycles. The van der Waals surface area contributed by atoms with Crippen molar-refractivity contribution in [3.8, 4) is 0 Å². The molecule has 1 N–H and O–H groups in total. The van der Waals surface area contributed by atoms with Gasteiger partial charge in [-0.15, -0.1) is 12.4 Å². The molecule has 2 aliphatic rings. The number of nitrogens with zero attached hydrogens (tertiary/aromatic N) is 1. The molecule has 1 atom stereocenters. The van der Waals surface area contributed by atoms with Crippen LogP contribution in [0, 0.1) is 5.92 Å². The van der Waals surface area contributed by atoms with Gasteiger partial charge in [0.25, 0.3) is 0 Å². The summed E-state index contributed by atoms with van der Waals surface area (Å²) in [6.07, 6.45) is 7.15. The highest BCUT2D eigenvalue weighted by atomic mass is 35.5. The molecule has 16 heavy (non-hydrogen) atoms.